The van der Waals surface area contributed by atoms with Gasteiger partial charge in [0.25, 0.3) is 11.8 Å². The number of piperazine rings is 1. The third-order valence-electron chi connectivity index (χ3n) is 5.23. The lowest BCUT2D eigenvalue weighted by Gasteiger charge is -2.35. The van der Waals surface area contributed by atoms with Gasteiger partial charge in [-0.15, -0.1) is 0 Å². The van der Waals surface area contributed by atoms with Crippen molar-refractivity contribution >= 4 is 35.0 Å². The molecule has 2 amide bonds. The summed E-state index contributed by atoms with van der Waals surface area (Å²) >= 11 is 12.1. The number of aromatic nitrogens is 2. The maximum Gasteiger partial charge on any atom is 0.257 e. The van der Waals surface area contributed by atoms with Crippen LogP contribution in [0, 0.1) is 0 Å². The molecule has 1 aromatic carbocycles. The summed E-state index contributed by atoms with van der Waals surface area (Å²) in [4.78, 5) is 29.1. The molecule has 1 fully saturated rings. The van der Waals surface area contributed by atoms with Crippen molar-refractivity contribution in [1.82, 2.24) is 19.6 Å². The first kappa shape index (κ1) is 18.3. The van der Waals surface area contributed by atoms with Crippen LogP contribution in [0.1, 0.15) is 39.3 Å². The number of hydrogen-bond donors (Lipinski definition) is 0. The van der Waals surface area contributed by atoms with Crippen LogP contribution in [0.5, 0.6) is 0 Å². The number of rotatable bonds is 2. The van der Waals surface area contributed by atoms with Gasteiger partial charge in [-0.05, 0) is 37.5 Å². The first-order valence-corrected chi connectivity index (χ1v) is 9.88. The fourth-order valence-corrected chi connectivity index (χ4v) is 4.21. The normalized spacial score (nSPS) is 17.0. The van der Waals surface area contributed by atoms with Crippen molar-refractivity contribution in [3.8, 4) is 0 Å². The Bertz CT molecular complexity index is 888. The fraction of sp³-hybridized carbons (Fsp3) is 0.421. The summed E-state index contributed by atoms with van der Waals surface area (Å²) in [5.41, 5.74) is 2.18. The second-order valence-corrected chi connectivity index (χ2v) is 7.74. The third-order valence-corrected chi connectivity index (χ3v) is 5.78. The SMILES string of the molecule is O=C(c1ccc(Cl)cc1Cl)N1CCN(C(=O)c2cnn3c2CCCC3)CC1. The Kier molecular flexibility index (Phi) is 5.10. The molecule has 0 atom stereocenters. The predicted octanol–water partition coefficient (Wildman–Crippen LogP) is 3.12. The van der Waals surface area contributed by atoms with E-state index in [1.165, 1.54) is 0 Å². The van der Waals surface area contributed by atoms with Crippen LogP contribution in [0.4, 0.5) is 0 Å². The molecule has 0 saturated carbocycles. The fourth-order valence-electron chi connectivity index (χ4n) is 3.72. The molecule has 2 aliphatic heterocycles. The highest BCUT2D eigenvalue weighted by Crippen LogP contribution is 2.24. The molecule has 27 heavy (non-hydrogen) atoms. The van der Waals surface area contributed by atoms with Crippen LogP contribution in [0.3, 0.4) is 0 Å². The lowest BCUT2D eigenvalue weighted by molar-refractivity contribution is 0.0534. The smallest absolute Gasteiger partial charge is 0.257 e. The van der Waals surface area contributed by atoms with Crippen LogP contribution < -0.4 is 0 Å². The molecular weight excluding hydrogens is 387 g/mol. The zero-order valence-corrected chi connectivity index (χ0v) is 16.3. The Morgan fingerprint density at radius 3 is 2.22 bits per heavy atom. The second kappa shape index (κ2) is 7.52. The number of benzene rings is 1. The zero-order valence-electron chi connectivity index (χ0n) is 14.8. The molecule has 1 aromatic heterocycles. The summed E-state index contributed by atoms with van der Waals surface area (Å²) in [6.45, 7) is 2.84. The highest BCUT2D eigenvalue weighted by atomic mass is 35.5. The van der Waals surface area contributed by atoms with Crippen LogP contribution in [0.25, 0.3) is 0 Å². The van der Waals surface area contributed by atoms with Gasteiger partial charge in [-0.1, -0.05) is 23.2 Å². The zero-order chi connectivity index (χ0) is 19.0. The van der Waals surface area contributed by atoms with E-state index in [0.717, 1.165) is 31.5 Å². The Hall–Kier alpha value is -2.05. The molecule has 0 bridgehead atoms. The molecule has 3 heterocycles. The van der Waals surface area contributed by atoms with E-state index in [9.17, 15) is 9.59 Å². The summed E-state index contributed by atoms with van der Waals surface area (Å²) in [6, 6.07) is 4.87. The van der Waals surface area contributed by atoms with Gasteiger partial charge < -0.3 is 9.80 Å². The van der Waals surface area contributed by atoms with Crippen LogP contribution >= 0.6 is 23.2 Å². The third kappa shape index (κ3) is 3.56. The molecule has 8 heteroatoms. The number of nitrogens with zero attached hydrogens (tertiary/aromatic N) is 4. The maximum absolute atomic E-state index is 12.9. The summed E-state index contributed by atoms with van der Waals surface area (Å²) in [5, 5.41) is 5.19. The molecule has 0 unspecified atom stereocenters. The van der Waals surface area contributed by atoms with Gasteiger partial charge in [-0.3, -0.25) is 14.3 Å². The lowest BCUT2D eigenvalue weighted by atomic mass is 10.1. The number of aryl methyl sites for hydroxylation is 1. The van der Waals surface area contributed by atoms with E-state index in [0.29, 0.717) is 47.4 Å². The number of carbonyl (C=O) groups is 2. The molecule has 4 rings (SSSR count). The molecule has 2 aromatic rings. The van der Waals surface area contributed by atoms with Crippen molar-refractivity contribution in [2.75, 3.05) is 26.2 Å². The van der Waals surface area contributed by atoms with Gasteiger partial charge in [-0.25, -0.2) is 0 Å². The molecule has 2 aliphatic rings. The van der Waals surface area contributed by atoms with Gasteiger partial charge in [0.1, 0.15) is 0 Å². The van der Waals surface area contributed by atoms with Gasteiger partial charge in [0.05, 0.1) is 28.0 Å². The van der Waals surface area contributed by atoms with E-state index in [4.69, 9.17) is 23.2 Å². The van der Waals surface area contributed by atoms with E-state index in [-0.39, 0.29) is 11.8 Å². The highest BCUT2D eigenvalue weighted by Gasteiger charge is 2.29. The Labute approximate surface area is 167 Å². The van der Waals surface area contributed by atoms with Gasteiger partial charge >= 0.3 is 0 Å². The van der Waals surface area contributed by atoms with Gasteiger partial charge in [0, 0.05) is 37.7 Å². The van der Waals surface area contributed by atoms with Crippen molar-refractivity contribution in [3.05, 3.63) is 51.3 Å². The molecule has 0 radical (unpaired) electrons. The Morgan fingerprint density at radius 2 is 1.56 bits per heavy atom. The van der Waals surface area contributed by atoms with Crippen molar-refractivity contribution in [2.45, 2.75) is 25.8 Å². The minimum absolute atomic E-state index is 0.00905. The molecule has 0 spiro atoms. The van der Waals surface area contributed by atoms with Crippen LogP contribution in [0.15, 0.2) is 24.4 Å². The summed E-state index contributed by atoms with van der Waals surface area (Å²) in [6.07, 6.45) is 4.79. The van der Waals surface area contributed by atoms with Gasteiger partial charge in [-0.2, -0.15) is 5.10 Å². The van der Waals surface area contributed by atoms with Gasteiger partial charge in [0.2, 0.25) is 0 Å². The average Bonchev–Trinajstić information content (AvgIpc) is 3.11. The predicted molar refractivity (Wildman–Crippen MR) is 103 cm³/mol. The quantitative estimate of drug-likeness (QED) is 0.769. The van der Waals surface area contributed by atoms with Crippen LogP contribution in [-0.2, 0) is 13.0 Å². The van der Waals surface area contributed by atoms with Gasteiger partial charge in [0.15, 0.2) is 0 Å². The number of carbonyl (C=O) groups excluding carboxylic acids is 2. The van der Waals surface area contributed by atoms with E-state index in [2.05, 4.69) is 5.10 Å². The number of fused-ring (bicyclic) bond motifs is 1. The first-order valence-electron chi connectivity index (χ1n) is 9.13. The summed E-state index contributed by atoms with van der Waals surface area (Å²) in [5.74, 6) is -0.124. The molecule has 1 saturated heterocycles. The molecule has 6 nitrogen and oxygen atoms in total. The topological polar surface area (TPSA) is 58.4 Å². The summed E-state index contributed by atoms with van der Waals surface area (Å²) in [7, 11) is 0. The Balaban J connectivity index is 1.42. The van der Waals surface area contributed by atoms with Crippen molar-refractivity contribution in [3.63, 3.8) is 0 Å². The molecule has 0 aliphatic carbocycles. The highest BCUT2D eigenvalue weighted by molar-refractivity contribution is 6.36. The molecular formula is C19H20Cl2N4O2. The Morgan fingerprint density at radius 1 is 0.889 bits per heavy atom. The minimum Gasteiger partial charge on any atom is -0.335 e. The van der Waals surface area contributed by atoms with Crippen LogP contribution in [-0.4, -0.2) is 57.6 Å². The van der Waals surface area contributed by atoms with E-state index in [1.54, 1.807) is 34.2 Å². The number of amides is 2. The molecule has 0 N–H and O–H groups in total. The monoisotopic (exact) mass is 406 g/mol. The molecule has 142 valence electrons. The lowest BCUT2D eigenvalue weighted by Crippen LogP contribution is -2.50. The van der Waals surface area contributed by atoms with Crippen LogP contribution in [0.2, 0.25) is 10.0 Å². The van der Waals surface area contributed by atoms with Crippen molar-refractivity contribution < 1.29 is 9.59 Å². The van der Waals surface area contributed by atoms with E-state index in [1.807, 2.05) is 4.68 Å². The van der Waals surface area contributed by atoms with E-state index < -0.39 is 0 Å². The standard InChI is InChI=1S/C19H20Cl2N4O2/c20-13-4-5-14(16(21)11-13)18(26)23-7-9-24(10-8-23)19(27)15-12-22-25-6-2-1-3-17(15)25/h4-5,11-12H,1-3,6-10H2. The largest absolute Gasteiger partial charge is 0.335 e. The van der Waals surface area contributed by atoms with E-state index >= 15 is 0 Å². The minimum atomic E-state index is -0.133. The first-order chi connectivity index (χ1) is 13.0. The average molecular weight is 407 g/mol. The second-order valence-electron chi connectivity index (χ2n) is 6.89. The maximum atomic E-state index is 12.9. The van der Waals surface area contributed by atoms with Crippen molar-refractivity contribution in [2.24, 2.45) is 0 Å². The summed E-state index contributed by atoms with van der Waals surface area (Å²) < 4.78 is 1.94. The number of halogens is 2. The number of hydrogen-bond acceptors (Lipinski definition) is 3. The van der Waals surface area contributed by atoms with Crippen molar-refractivity contribution in [1.29, 1.82) is 0 Å².